The zero-order chi connectivity index (χ0) is 11.8. The van der Waals surface area contributed by atoms with Gasteiger partial charge < -0.3 is 9.84 Å². The molecule has 0 saturated carbocycles. The third kappa shape index (κ3) is 4.24. The van der Waals surface area contributed by atoms with Gasteiger partial charge in [0.15, 0.2) is 5.78 Å². The maximum atomic E-state index is 11.7. The summed E-state index contributed by atoms with van der Waals surface area (Å²) >= 11 is 1.55. The highest BCUT2D eigenvalue weighted by atomic mass is 32.2. The lowest BCUT2D eigenvalue weighted by molar-refractivity contribution is 0.102. The minimum atomic E-state index is 0.116. The number of benzene rings is 1. The molecule has 0 radical (unpaired) electrons. The third-order valence-corrected chi connectivity index (χ3v) is 3.14. The summed E-state index contributed by atoms with van der Waals surface area (Å²) in [6, 6.07) is 7.11. The Morgan fingerprint density at radius 2 is 2.06 bits per heavy atom. The number of ether oxygens (including phenoxy) is 1. The molecule has 0 aliphatic rings. The Morgan fingerprint density at radius 1 is 1.38 bits per heavy atom. The molecular formula is C12H16O3S. The number of Topliss-reactive ketones (excluding diaryl/α,β-unsaturated/α-hetero) is 1. The van der Waals surface area contributed by atoms with Gasteiger partial charge in [-0.2, -0.15) is 11.8 Å². The summed E-state index contributed by atoms with van der Waals surface area (Å²) in [7, 11) is 1.60. The molecule has 0 aliphatic heterocycles. The molecule has 0 fully saturated rings. The Morgan fingerprint density at radius 3 is 2.62 bits per heavy atom. The highest BCUT2D eigenvalue weighted by molar-refractivity contribution is 7.99. The van der Waals surface area contributed by atoms with Crippen molar-refractivity contribution in [2.24, 2.45) is 0 Å². The van der Waals surface area contributed by atoms with Crippen LogP contribution in [-0.2, 0) is 0 Å². The van der Waals surface area contributed by atoms with E-state index in [2.05, 4.69) is 0 Å². The van der Waals surface area contributed by atoms with Gasteiger partial charge in [0.25, 0.3) is 0 Å². The van der Waals surface area contributed by atoms with Crippen LogP contribution in [0.5, 0.6) is 5.75 Å². The third-order valence-electron chi connectivity index (χ3n) is 2.09. The molecule has 0 heterocycles. The van der Waals surface area contributed by atoms with Crippen LogP contribution < -0.4 is 4.74 Å². The largest absolute Gasteiger partial charge is 0.497 e. The van der Waals surface area contributed by atoms with Crippen LogP contribution in [0.1, 0.15) is 16.8 Å². The summed E-state index contributed by atoms with van der Waals surface area (Å²) < 4.78 is 5.02. The number of hydrogen-bond donors (Lipinski definition) is 1. The Labute approximate surface area is 99.8 Å². The average Bonchev–Trinajstić information content (AvgIpc) is 2.34. The number of ketones is 1. The van der Waals surface area contributed by atoms with Crippen LogP contribution in [0.3, 0.4) is 0 Å². The molecule has 88 valence electrons. The first kappa shape index (κ1) is 13.1. The van der Waals surface area contributed by atoms with Crippen molar-refractivity contribution in [1.29, 1.82) is 0 Å². The topological polar surface area (TPSA) is 46.5 Å². The van der Waals surface area contributed by atoms with E-state index >= 15 is 0 Å². The van der Waals surface area contributed by atoms with Gasteiger partial charge in [-0.05, 0) is 36.4 Å². The molecule has 4 heteroatoms. The minimum absolute atomic E-state index is 0.116. The van der Waals surface area contributed by atoms with Gasteiger partial charge in [0.1, 0.15) is 5.75 Å². The fraction of sp³-hybridized carbons (Fsp3) is 0.417. The van der Waals surface area contributed by atoms with E-state index in [1.165, 1.54) is 0 Å². The Bertz CT molecular complexity index is 322. The van der Waals surface area contributed by atoms with E-state index in [-0.39, 0.29) is 12.4 Å². The van der Waals surface area contributed by atoms with Crippen molar-refractivity contribution in [3.05, 3.63) is 29.8 Å². The number of aliphatic hydroxyl groups is 1. The predicted molar refractivity (Wildman–Crippen MR) is 66.4 cm³/mol. The van der Waals surface area contributed by atoms with Crippen LogP contribution in [-0.4, -0.2) is 36.1 Å². The van der Waals surface area contributed by atoms with Gasteiger partial charge in [-0.3, -0.25) is 4.79 Å². The Hall–Kier alpha value is -1.00. The lowest BCUT2D eigenvalue weighted by Gasteiger charge is -2.02. The smallest absolute Gasteiger partial charge is 0.172 e. The lowest BCUT2D eigenvalue weighted by atomic mass is 10.1. The fourth-order valence-electron chi connectivity index (χ4n) is 1.19. The summed E-state index contributed by atoms with van der Waals surface area (Å²) in [5, 5.41) is 8.59. The van der Waals surface area contributed by atoms with Crippen LogP contribution in [0, 0.1) is 0 Å². The maximum Gasteiger partial charge on any atom is 0.172 e. The molecule has 3 nitrogen and oxygen atoms in total. The maximum absolute atomic E-state index is 11.7. The summed E-state index contributed by atoms with van der Waals surface area (Å²) in [6.45, 7) is 0.184. The van der Waals surface area contributed by atoms with Crippen LogP contribution in [0.25, 0.3) is 0 Å². The van der Waals surface area contributed by atoms with E-state index in [1.807, 2.05) is 0 Å². The number of thioether (sulfide) groups is 1. The molecule has 0 amide bonds. The second-order valence-electron chi connectivity index (χ2n) is 3.28. The SMILES string of the molecule is COc1ccc(C(=O)CSCCCO)cc1. The number of hydrogen-bond acceptors (Lipinski definition) is 4. The van der Waals surface area contributed by atoms with E-state index in [9.17, 15) is 4.79 Å². The monoisotopic (exact) mass is 240 g/mol. The molecular weight excluding hydrogens is 224 g/mol. The molecule has 0 saturated heterocycles. The van der Waals surface area contributed by atoms with Crippen LogP contribution in [0.15, 0.2) is 24.3 Å². The van der Waals surface area contributed by atoms with E-state index in [0.29, 0.717) is 11.3 Å². The summed E-state index contributed by atoms with van der Waals surface area (Å²) in [5.74, 6) is 2.15. The highest BCUT2D eigenvalue weighted by Gasteiger charge is 2.05. The first-order valence-electron chi connectivity index (χ1n) is 5.13. The number of rotatable bonds is 7. The van der Waals surface area contributed by atoms with Crippen molar-refractivity contribution in [2.75, 3.05) is 25.2 Å². The molecule has 1 aromatic carbocycles. The molecule has 0 unspecified atom stereocenters. The minimum Gasteiger partial charge on any atom is -0.497 e. The van der Waals surface area contributed by atoms with Crippen LogP contribution >= 0.6 is 11.8 Å². The summed E-state index contributed by atoms with van der Waals surface area (Å²) in [4.78, 5) is 11.7. The molecule has 0 aromatic heterocycles. The Balaban J connectivity index is 2.40. The number of carbonyl (C=O) groups excluding carboxylic acids is 1. The first-order valence-corrected chi connectivity index (χ1v) is 6.29. The zero-order valence-corrected chi connectivity index (χ0v) is 10.1. The number of methoxy groups -OCH3 is 1. The van der Waals surface area contributed by atoms with Gasteiger partial charge in [0.2, 0.25) is 0 Å². The molecule has 16 heavy (non-hydrogen) atoms. The summed E-state index contributed by atoms with van der Waals surface area (Å²) in [5.41, 5.74) is 0.706. The second kappa shape index (κ2) is 7.30. The normalized spacial score (nSPS) is 10.1. The van der Waals surface area contributed by atoms with Gasteiger partial charge in [-0.15, -0.1) is 0 Å². The standard InChI is InChI=1S/C12H16O3S/c1-15-11-5-3-10(4-6-11)12(14)9-16-8-2-7-13/h3-6,13H,2,7-9H2,1H3. The molecule has 1 N–H and O–H groups in total. The van der Waals surface area contributed by atoms with Crippen LogP contribution in [0.2, 0.25) is 0 Å². The van der Waals surface area contributed by atoms with Crippen molar-refractivity contribution in [3.8, 4) is 5.75 Å². The quantitative estimate of drug-likeness (QED) is 0.585. The van der Waals surface area contributed by atoms with Gasteiger partial charge in [0.05, 0.1) is 12.9 Å². The molecule has 0 spiro atoms. The second-order valence-corrected chi connectivity index (χ2v) is 4.39. The van der Waals surface area contributed by atoms with E-state index in [4.69, 9.17) is 9.84 Å². The van der Waals surface area contributed by atoms with Gasteiger partial charge in [-0.1, -0.05) is 0 Å². The van der Waals surface area contributed by atoms with Crippen molar-refractivity contribution in [1.82, 2.24) is 0 Å². The van der Waals surface area contributed by atoms with Crippen molar-refractivity contribution in [3.63, 3.8) is 0 Å². The fourth-order valence-corrected chi connectivity index (χ4v) is 2.02. The van der Waals surface area contributed by atoms with Crippen molar-refractivity contribution < 1.29 is 14.6 Å². The lowest BCUT2D eigenvalue weighted by Crippen LogP contribution is -2.03. The molecule has 0 bridgehead atoms. The van der Waals surface area contributed by atoms with E-state index in [1.54, 1.807) is 43.1 Å². The molecule has 1 aromatic rings. The molecule has 0 atom stereocenters. The van der Waals surface area contributed by atoms with E-state index in [0.717, 1.165) is 17.9 Å². The summed E-state index contributed by atoms with van der Waals surface area (Å²) in [6.07, 6.45) is 0.737. The number of aliphatic hydroxyl groups excluding tert-OH is 1. The van der Waals surface area contributed by atoms with E-state index < -0.39 is 0 Å². The van der Waals surface area contributed by atoms with Crippen molar-refractivity contribution in [2.45, 2.75) is 6.42 Å². The predicted octanol–water partition coefficient (Wildman–Crippen LogP) is 1.99. The van der Waals surface area contributed by atoms with Gasteiger partial charge in [-0.25, -0.2) is 0 Å². The molecule has 1 rings (SSSR count). The number of carbonyl (C=O) groups is 1. The average molecular weight is 240 g/mol. The zero-order valence-electron chi connectivity index (χ0n) is 9.31. The molecule has 0 aliphatic carbocycles. The van der Waals surface area contributed by atoms with Crippen LogP contribution in [0.4, 0.5) is 0 Å². The van der Waals surface area contributed by atoms with Gasteiger partial charge in [0, 0.05) is 12.2 Å². The highest BCUT2D eigenvalue weighted by Crippen LogP contribution is 2.13. The van der Waals surface area contributed by atoms with Crippen molar-refractivity contribution >= 4 is 17.5 Å². The Kier molecular flexibility index (Phi) is 5.96. The van der Waals surface area contributed by atoms with Gasteiger partial charge >= 0.3 is 0 Å². The first-order chi connectivity index (χ1) is 7.77.